The Hall–Kier alpha value is -2.45. The largest absolute Gasteiger partial charge is 0.497 e. The second-order valence-corrected chi connectivity index (χ2v) is 7.79. The van der Waals surface area contributed by atoms with E-state index in [9.17, 15) is 14.7 Å². The molecule has 2 aromatic heterocycles. The van der Waals surface area contributed by atoms with Crippen LogP contribution in [0.25, 0.3) is 0 Å². The third kappa shape index (κ3) is 3.19. The van der Waals surface area contributed by atoms with Crippen LogP contribution in [-0.2, 0) is 16.8 Å². The first-order valence-corrected chi connectivity index (χ1v) is 9.64. The van der Waals surface area contributed by atoms with Crippen molar-refractivity contribution in [1.82, 2.24) is 9.88 Å². The summed E-state index contributed by atoms with van der Waals surface area (Å²) in [5.74, 6) is -0.430. The molecule has 142 valence electrons. The lowest BCUT2D eigenvalue weighted by molar-refractivity contribution is -0.0906. The number of methoxy groups -OCH3 is 1. The Bertz CT molecular complexity index is 886. The van der Waals surface area contributed by atoms with Crippen LogP contribution in [0.15, 0.2) is 24.4 Å². The predicted octanol–water partition coefficient (Wildman–Crippen LogP) is 2.55. The van der Waals surface area contributed by atoms with E-state index in [0.29, 0.717) is 48.9 Å². The summed E-state index contributed by atoms with van der Waals surface area (Å²) in [4.78, 5) is 31.4. The zero-order valence-electron chi connectivity index (χ0n) is 14.9. The van der Waals surface area contributed by atoms with Crippen molar-refractivity contribution in [3.05, 3.63) is 45.4 Å². The molecule has 2 aromatic rings. The van der Waals surface area contributed by atoms with E-state index in [4.69, 9.17) is 9.47 Å². The first-order chi connectivity index (χ1) is 13.0. The van der Waals surface area contributed by atoms with Crippen LogP contribution in [0.3, 0.4) is 0 Å². The lowest BCUT2D eigenvalue weighted by Gasteiger charge is -2.43. The van der Waals surface area contributed by atoms with Gasteiger partial charge in [0.1, 0.15) is 21.9 Å². The van der Waals surface area contributed by atoms with Gasteiger partial charge in [0, 0.05) is 30.2 Å². The number of ether oxygens (including phenoxy) is 2. The van der Waals surface area contributed by atoms with Gasteiger partial charge in [-0.3, -0.25) is 9.78 Å². The third-order valence-electron chi connectivity index (χ3n) is 5.23. The molecule has 1 N–H and O–H groups in total. The lowest BCUT2D eigenvalue weighted by Crippen LogP contribution is -2.48. The van der Waals surface area contributed by atoms with Crippen molar-refractivity contribution in [1.29, 1.82) is 0 Å². The Labute approximate surface area is 160 Å². The Morgan fingerprint density at radius 3 is 2.81 bits per heavy atom. The summed E-state index contributed by atoms with van der Waals surface area (Å²) in [6, 6.07) is 5.11. The summed E-state index contributed by atoms with van der Waals surface area (Å²) in [5.41, 5.74) is 0.947. The normalized spacial score (nSPS) is 18.2. The summed E-state index contributed by atoms with van der Waals surface area (Å²) in [6.45, 7) is 1.66. The van der Waals surface area contributed by atoms with E-state index < -0.39 is 11.6 Å². The molecule has 2 aliphatic heterocycles. The molecule has 0 unspecified atom stereocenters. The molecule has 27 heavy (non-hydrogen) atoms. The minimum Gasteiger partial charge on any atom is -0.497 e. The van der Waals surface area contributed by atoms with Gasteiger partial charge < -0.3 is 19.5 Å². The maximum atomic E-state index is 12.8. The Balaban J connectivity index is 1.52. The van der Waals surface area contributed by atoms with E-state index in [1.165, 1.54) is 11.3 Å². The van der Waals surface area contributed by atoms with E-state index in [2.05, 4.69) is 4.98 Å². The van der Waals surface area contributed by atoms with Crippen LogP contribution in [0, 0.1) is 0 Å². The van der Waals surface area contributed by atoms with Gasteiger partial charge >= 0.3 is 5.97 Å². The van der Waals surface area contributed by atoms with Crippen LogP contribution in [0.1, 0.15) is 43.4 Å². The predicted molar refractivity (Wildman–Crippen MR) is 98.5 cm³/mol. The van der Waals surface area contributed by atoms with Crippen molar-refractivity contribution in [2.45, 2.75) is 24.9 Å². The van der Waals surface area contributed by atoms with Crippen LogP contribution in [-0.4, -0.2) is 53.7 Å². The maximum absolute atomic E-state index is 12.8. The molecule has 2 aliphatic rings. The third-order valence-corrected chi connectivity index (χ3v) is 6.58. The van der Waals surface area contributed by atoms with Gasteiger partial charge in [-0.1, -0.05) is 0 Å². The highest BCUT2D eigenvalue weighted by atomic mass is 32.1. The number of piperidine rings is 1. The molecule has 4 rings (SSSR count). The average Bonchev–Trinajstić information content (AvgIpc) is 3.15. The molecule has 1 saturated heterocycles. The average molecular weight is 388 g/mol. The highest BCUT2D eigenvalue weighted by molar-refractivity contribution is 7.14. The van der Waals surface area contributed by atoms with Crippen LogP contribution >= 0.6 is 11.3 Å². The number of carboxylic acid groups (broad SMARTS) is 1. The molecule has 1 amide bonds. The fraction of sp³-hybridized carbons (Fsp3) is 0.421. The van der Waals surface area contributed by atoms with Crippen molar-refractivity contribution >= 4 is 23.2 Å². The van der Waals surface area contributed by atoms with Crippen LogP contribution in [0.2, 0.25) is 0 Å². The number of nitrogens with zero attached hydrogens (tertiary/aromatic N) is 2. The first kappa shape index (κ1) is 17.9. The minimum atomic E-state index is -0.902. The number of aromatic nitrogens is 1. The number of carbonyl (C=O) groups excluding carboxylic acids is 1. The number of hydrogen-bond acceptors (Lipinski definition) is 6. The molecule has 0 bridgehead atoms. The number of rotatable bonds is 3. The Kier molecular flexibility index (Phi) is 4.61. The van der Waals surface area contributed by atoms with Gasteiger partial charge in [-0.25, -0.2) is 4.79 Å². The molecule has 0 aliphatic carbocycles. The summed E-state index contributed by atoms with van der Waals surface area (Å²) >= 11 is 1.30. The zero-order chi connectivity index (χ0) is 19.0. The molecule has 1 fully saturated rings. The summed E-state index contributed by atoms with van der Waals surface area (Å²) in [5, 5.41) is 9.30. The number of fused-ring (bicyclic) bond motifs is 2. The van der Waals surface area contributed by atoms with Crippen LogP contribution in [0.5, 0.6) is 5.75 Å². The van der Waals surface area contributed by atoms with Gasteiger partial charge in [0.15, 0.2) is 0 Å². The molecule has 4 heterocycles. The van der Waals surface area contributed by atoms with Crippen molar-refractivity contribution in [2.75, 3.05) is 26.8 Å². The van der Waals surface area contributed by atoms with Crippen LogP contribution in [0.4, 0.5) is 0 Å². The van der Waals surface area contributed by atoms with Gasteiger partial charge in [0.05, 0.1) is 13.7 Å². The quantitative estimate of drug-likeness (QED) is 0.869. The number of hydrogen-bond donors (Lipinski definition) is 1. The number of aromatic carboxylic acids is 1. The van der Waals surface area contributed by atoms with Gasteiger partial charge in [-0.15, -0.1) is 11.3 Å². The SMILES string of the molecule is COc1ccnc(C(=O)N2CCC3(CC2)OCCc2cc(C(=O)O)sc23)c1. The number of thiophene rings is 1. The van der Waals surface area contributed by atoms with Crippen molar-refractivity contribution in [2.24, 2.45) is 0 Å². The highest BCUT2D eigenvalue weighted by Crippen LogP contribution is 2.45. The van der Waals surface area contributed by atoms with Crippen molar-refractivity contribution < 1.29 is 24.2 Å². The number of pyridine rings is 1. The first-order valence-electron chi connectivity index (χ1n) is 8.82. The lowest BCUT2D eigenvalue weighted by atomic mass is 9.85. The highest BCUT2D eigenvalue weighted by Gasteiger charge is 2.43. The molecule has 1 spiro atoms. The van der Waals surface area contributed by atoms with E-state index >= 15 is 0 Å². The van der Waals surface area contributed by atoms with Gasteiger partial charge in [0.25, 0.3) is 5.91 Å². The molecule has 0 saturated carbocycles. The topological polar surface area (TPSA) is 89.0 Å². The second kappa shape index (κ2) is 6.94. The summed E-state index contributed by atoms with van der Waals surface area (Å²) in [6.07, 6.45) is 3.59. The Morgan fingerprint density at radius 2 is 2.11 bits per heavy atom. The maximum Gasteiger partial charge on any atom is 0.345 e. The van der Waals surface area contributed by atoms with E-state index in [0.717, 1.165) is 16.9 Å². The van der Waals surface area contributed by atoms with E-state index in [1.54, 1.807) is 36.4 Å². The molecule has 0 radical (unpaired) electrons. The molecular formula is C19H20N2O5S. The summed E-state index contributed by atoms with van der Waals surface area (Å²) in [7, 11) is 1.55. The molecule has 0 atom stereocenters. The van der Waals surface area contributed by atoms with E-state index in [-0.39, 0.29) is 5.91 Å². The fourth-order valence-electron chi connectivity index (χ4n) is 3.79. The van der Waals surface area contributed by atoms with Crippen LogP contribution < -0.4 is 4.74 Å². The number of likely N-dealkylation sites (tertiary alicyclic amines) is 1. The smallest absolute Gasteiger partial charge is 0.345 e. The number of carboxylic acids is 1. The van der Waals surface area contributed by atoms with Crippen molar-refractivity contribution in [3.63, 3.8) is 0 Å². The monoisotopic (exact) mass is 388 g/mol. The van der Waals surface area contributed by atoms with Gasteiger partial charge in [-0.2, -0.15) is 0 Å². The van der Waals surface area contributed by atoms with Gasteiger partial charge in [-0.05, 0) is 37.0 Å². The second-order valence-electron chi connectivity index (χ2n) is 6.74. The standard InChI is InChI=1S/C19H20N2O5S/c1-25-13-2-6-20-14(11-13)17(22)21-7-4-19(5-8-21)16-12(3-9-26-19)10-15(27-16)18(23)24/h2,6,10-11H,3-5,7-9H2,1H3,(H,23,24). The summed E-state index contributed by atoms with van der Waals surface area (Å²) < 4.78 is 11.3. The molecular weight excluding hydrogens is 368 g/mol. The van der Waals surface area contributed by atoms with Crippen molar-refractivity contribution in [3.8, 4) is 5.75 Å². The minimum absolute atomic E-state index is 0.128. The molecule has 7 nitrogen and oxygen atoms in total. The number of amides is 1. The van der Waals surface area contributed by atoms with E-state index in [1.807, 2.05) is 0 Å². The zero-order valence-corrected chi connectivity index (χ0v) is 15.8. The van der Waals surface area contributed by atoms with Gasteiger partial charge in [0.2, 0.25) is 0 Å². The Morgan fingerprint density at radius 1 is 1.33 bits per heavy atom. The fourth-order valence-corrected chi connectivity index (χ4v) is 5.04. The molecule has 8 heteroatoms. The molecule has 0 aromatic carbocycles. The number of carbonyl (C=O) groups is 2.